The number of carbonyl (C=O) groups excluding carboxylic acids is 1. The van der Waals surface area contributed by atoms with Crippen LogP contribution in [0.5, 0.6) is 0 Å². The van der Waals surface area contributed by atoms with E-state index in [0.717, 1.165) is 28.6 Å². The highest BCUT2D eigenvalue weighted by Crippen LogP contribution is 2.25. The Labute approximate surface area is 172 Å². The molecule has 1 aromatic carbocycles. The summed E-state index contributed by atoms with van der Waals surface area (Å²) in [5, 5.41) is 4.23. The molecular formula is C24H30N4O. The van der Waals surface area contributed by atoms with Crippen LogP contribution in [0.4, 0.5) is 0 Å². The second-order valence-corrected chi connectivity index (χ2v) is 8.08. The minimum absolute atomic E-state index is 0.0614. The highest BCUT2D eigenvalue weighted by atomic mass is 16.1. The van der Waals surface area contributed by atoms with Gasteiger partial charge in [0.2, 0.25) is 5.91 Å². The molecule has 2 heterocycles. The predicted molar refractivity (Wildman–Crippen MR) is 118 cm³/mol. The van der Waals surface area contributed by atoms with E-state index in [1.165, 1.54) is 32.1 Å². The Balaban J connectivity index is 1.35. The lowest BCUT2D eigenvalue weighted by molar-refractivity contribution is -0.121. The van der Waals surface area contributed by atoms with Gasteiger partial charge in [-0.2, -0.15) is 0 Å². The van der Waals surface area contributed by atoms with Crippen molar-refractivity contribution >= 4 is 16.8 Å². The Kier molecular flexibility index (Phi) is 6.25. The van der Waals surface area contributed by atoms with E-state index in [0.29, 0.717) is 19.1 Å². The topological polar surface area (TPSA) is 50.2 Å². The summed E-state index contributed by atoms with van der Waals surface area (Å²) in [6.45, 7) is 1.95. The molecule has 5 heteroatoms. The Morgan fingerprint density at radius 2 is 2.03 bits per heavy atom. The number of hydrogen-bond donors (Lipinski definition) is 1. The predicted octanol–water partition coefficient (Wildman–Crippen LogP) is 4.08. The molecule has 0 unspecified atom stereocenters. The maximum Gasteiger partial charge on any atom is 0.239 e. The summed E-state index contributed by atoms with van der Waals surface area (Å²) in [7, 11) is 2.18. The van der Waals surface area contributed by atoms with Gasteiger partial charge in [0.1, 0.15) is 6.54 Å². The Morgan fingerprint density at radius 1 is 1.17 bits per heavy atom. The molecular weight excluding hydrogens is 360 g/mol. The van der Waals surface area contributed by atoms with Crippen LogP contribution < -0.4 is 5.32 Å². The minimum atomic E-state index is 0.0614. The zero-order valence-corrected chi connectivity index (χ0v) is 17.2. The monoisotopic (exact) mass is 390 g/mol. The normalized spacial score (nSPS) is 15.1. The van der Waals surface area contributed by atoms with Crippen LogP contribution in [-0.4, -0.2) is 46.5 Å². The van der Waals surface area contributed by atoms with Crippen molar-refractivity contribution in [2.24, 2.45) is 0 Å². The number of rotatable bonds is 7. The van der Waals surface area contributed by atoms with Crippen molar-refractivity contribution in [1.82, 2.24) is 19.8 Å². The number of hydrogen-bond acceptors (Lipinski definition) is 3. The van der Waals surface area contributed by atoms with Gasteiger partial charge in [0.05, 0.1) is 0 Å². The minimum Gasteiger partial charge on any atom is -0.353 e. The number of benzene rings is 1. The molecule has 2 aromatic heterocycles. The first-order chi connectivity index (χ1) is 14.2. The van der Waals surface area contributed by atoms with E-state index in [-0.39, 0.29) is 5.91 Å². The third kappa shape index (κ3) is 4.85. The molecule has 1 aliphatic carbocycles. The van der Waals surface area contributed by atoms with E-state index in [2.05, 4.69) is 52.6 Å². The number of likely N-dealkylation sites (N-methyl/N-ethyl adjacent to an activating group) is 1. The first-order valence-electron chi connectivity index (χ1n) is 10.7. The summed E-state index contributed by atoms with van der Waals surface area (Å²) in [5.74, 6) is 0.0614. The van der Waals surface area contributed by atoms with Crippen LogP contribution >= 0.6 is 0 Å². The summed E-state index contributed by atoms with van der Waals surface area (Å²) >= 11 is 0. The SMILES string of the molecule is CN(CCNC(=O)Cn1ccc2ccc(-c3cccnc3)cc21)C1CCCCC1. The smallest absolute Gasteiger partial charge is 0.239 e. The van der Waals surface area contributed by atoms with Gasteiger partial charge in [-0.05, 0) is 49.0 Å². The summed E-state index contributed by atoms with van der Waals surface area (Å²) in [6, 6.07) is 13.1. The van der Waals surface area contributed by atoms with Crippen LogP contribution in [0.25, 0.3) is 22.0 Å². The number of aromatic nitrogens is 2. The molecule has 4 rings (SSSR count). The van der Waals surface area contributed by atoms with Gasteiger partial charge in [0.15, 0.2) is 0 Å². The Morgan fingerprint density at radius 3 is 2.83 bits per heavy atom. The highest BCUT2D eigenvalue weighted by Gasteiger charge is 2.17. The molecule has 1 N–H and O–H groups in total. The zero-order valence-electron chi connectivity index (χ0n) is 17.2. The second kappa shape index (κ2) is 9.23. The van der Waals surface area contributed by atoms with E-state index < -0.39 is 0 Å². The molecule has 1 aliphatic rings. The summed E-state index contributed by atoms with van der Waals surface area (Å²) in [6.07, 6.45) is 12.3. The number of carbonyl (C=O) groups is 1. The summed E-state index contributed by atoms with van der Waals surface area (Å²) in [4.78, 5) is 19.1. The lowest BCUT2D eigenvalue weighted by Gasteiger charge is -2.31. The average molecular weight is 391 g/mol. The van der Waals surface area contributed by atoms with Gasteiger partial charge < -0.3 is 14.8 Å². The number of pyridine rings is 1. The van der Waals surface area contributed by atoms with E-state index in [9.17, 15) is 4.79 Å². The molecule has 0 spiro atoms. The van der Waals surface area contributed by atoms with Gasteiger partial charge >= 0.3 is 0 Å². The van der Waals surface area contributed by atoms with Gasteiger partial charge in [0, 0.05) is 48.8 Å². The van der Waals surface area contributed by atoms with Gasteiger partial charge in [-0.3, -0.25) is 9.78 Å². The average Bonchev–Trinajstić information content (AvgIpc) is 3.17. The summed E-state index contributed by atoms with van der Waals surface area (Å²) < 4.78 is 2.02. The highest BCUT2D eigenvalue weighted by molar-refractivity contribution is 5.87. The van der Waals surface area contributed by atoms with Crippen molar-refractivity contribution in [3.8, 4) is 11.1 Å². The molecule has 0 saturated heterocycles. The van der Waals surface area contributed by atoms with Crippen LogP contribution in [0.3, 0.4) is 0 Å². The molecule has 0 bridgehead atoms. The van der Waals surface area contributed by atoms with E-state index in [1.807, 2.05) is 23.0 Å². The van der Waals surface area contributed by atoms with Gasteiger partial charge in [-0.25, -0.2) is 0 Å². The van der Waals surface area contributed by atoms with Crippen LogP contribution in [0.1, 0.15) is 32.1 Å². The molecule has 152 valence electrons. The fraction of sp³-hybridized carbons (Fsp3) is 0.417. The van der Waals surface area contributed by atoms with Gasteiger partial charge in [-0.15, -0.1) is 0 Å². The van der Waals surface area contributed by atoms with E-state index in [1.54, 1.807) is 6.20 Å². The van der Waals surface area contributed by atoms with Crippen molar-refractivity contribution in [1.29, 1.82) is 0 Å². The molecule has 1 fully saturated rings. The Hall–Kier alpha value is -2.66. The van der Waals surface area contributed by atoms with E-state index in [4.69, 9.17) is 0 Å². The van der Waals surface area contributed by atoms with Gasteiger partial charge in [0.25, 0.3) is 0 Å². The fourth-order valence-electron chi connectivity index (χ4n) is 4.32. The molecule has 0 radical (unpaired) electrons. The molecule has 1 amide bonds. The van der Waals surface area contributed by atoms with Crippen molar-refractivity contribution < 1.29 is 4.79 Å². The number of amides is 1. The summed E-state index contributed by atoms with van der Waals surface area (Å²) in [5.41, 5.74) is 3.26. The van der Waals surface area contributed by atoms with Crippen molar-refractivity contribution in [2.45, 2.75) is 44.7 Å². The van der Waals surface area contributed by atoms with Crippen LogP contribution in [-0.2, 0) is 11.3 Å². The van der Waals surface area contributed by atoms with Crippen molar-refractivity contribution in [3.63, 3.8) is 0 Å². The largest absolute Gasteiger partial charge is 0.353 e. The standard InChI is InChI=1S/C24H30N4O/c1-27(22-7-3-2-4-8-22)15-13-26-24(29)18-28-14-11-19-9-10-20(16-23(19)28)21-6-5-12-25-17-21/h5-6,9-12,14,16-17,22H,2-4,7-8,13,15,18H2,1H3,(H,26,29). The first kappa shape index (κ1) is 19.6. The quantitative estimate of drug-likeness (QED) is 0.661. The maximum absolute atomic E-state index is 12.5. The lowest BCUT2D eigenvalue weighted by atomic mass is 9.94. The molecule has 0 atom stereocenters. The van der Waals surface area contributed by atoms with Crippen molar-refractivity contribution in [3.05, 3.63) is 55.0 Å². The van der Waals surface area contributed by atoms with E-state index >= 15 is 0 Å². The van der Waals surface area contributed by atoms with Gasteiger partial charge in [-0.1, -0.05) is 37.5 Å². The molecule has 5 nitrogen and oxygen atoms in total. The third-order valence-electron chi connectivity index (χ3n) is 6.07. The zero-order chi connectivity index (χ0) is 20.1. The van der Waals surface area contributed by atoms with Crippen LogP contribution in [0, 0.1) is 0 Å². The number of nitrogens with zero attached hydrogens (tertiary/aromatic N) is 3. The van der Waals surface area contributed by atoms with Crippen molar-refractivity contribution in [2.75, 3.05) is 20.1 Å². The number of fused-ring (bicyclic) bond motifs is 1. The molecule has 0 aliphatic heterocycles. The van der Waals surface area contributed by atoms with Crippen LogP contribution in [0.15, 0.2) is 55.0 Å². The first-order valence-corrected chi connectivity index (χ1v) is 10.7. The maximum atomic E-state index is 12.5. The molecule has 29 heavy (non-hydrogen) atoms. The molecule has 3 aromatic rings. The van der Waals surface area contributed by atoms with Crippen LogP contribution in [0.2, 0.25) is 0 Å². The Bertz CT molecular complexity index is 944. The molecule has 1 saturated carbocycles. The lowest BCUT2D eigenvalue weighted by Crippen LogP contribution is -2.40. The third-order valence-corrected chi connectivity index (χ3v) is 6.07. The fourth-order valence-corrected chi connectivity index (χ4v) is 4.32. The number of nitrogens with one attached hydrogen (secondary N) is 1. The second-order valence-electron chi connectivity index (χ2n) is 8.08.